The molecule has 3 nitrogen and oxygen atoms in total. The molecule has 100 valence electrons. The fourth-order valence-electron chi connectivity index (χ4n) is 2.33. The van der Waals surface area contributed by atoms with E-state index in [1.807, 2.05) is 32.0 Å². The summed E-state index contributed by atoms with van der Waals surface area (Å²) < 4.78 is 5.49. The molecular weight excluding hydrogens is 246 g/mol. The van der Waals surface area contributed by atoms with Crippen molar-refractivity contribution in [3.63, 3.8) is 0 Å². The summed E-state index contributed by atoms with van der Waals surface area (Å²) in [5, 5.41) is 10.5. The summed E-state index contributed by atoms with van der Waals surface area (Å²) in [5.74, 6) is 0.840. The van der Waals surface area contributed by atoms with Gasteiger partial charge in [0.25, 0.3) is 0 Å². The van der Waals surface area contributed by atoms with Gasteiger partial charge in [-0.2, -0.15) is 0 Å². The molecule has 1 aromatic carbocycles. The number of hydrogen-bond donors (Lipinski definition) is 2. The summed E-state index contributed by atoms with van der Waals surface area (Å²) in [7, 11) is 0. The number of benzene rings is 1. The van der Waals surface area contributed by atoms with Crippen LogP contribution in [-0.2, 0) is 0 Å². The fourth-order valence-corrected chi connectivity index (χ4v) is 3.68. The topological polar surface area (TPSA) is 55.5 Å². The average molecular weight is 267 g/mol. The highest BCUT2D eigenvalue weighted by atomic mass is 32.2. The first-order chi connectivity index (χ1) is 8.53. The van der Waals surface area contributed by atoms with Crippen molar-refractivity contribution in [3.05, 3.63) is 18.2 Å². The van der Waals surface area contributed by atoms with Gasteiger partial charge in [-0.25, -0.2) is 0 Å². The number of nitrogens with two attached hydrogens (primary N) is 1. The molecule has 18 heavy (non-hydrogen) atoms. The number of hydrogen-bond acceptors (Lipinski definition) is 4. The number of thioether (sulfide) groups is 1. The van der Waals surface area contributed by atoms with Crippen LogP contribution in [0.3, 0.4) is 0 Å². The summed E-state index contributed by atoms with van der Waals surface area (Å²) in [5.41, 5.74) is 6.17. The van der Waals surface area contributed by atoms with E-state index in [-0.39, 0.29) is 5.25 Å². The zero-order valence-electron chi connectivity index (χ0n) is 11.0. The maximum atomic E-state index is 10.3. The fraction of sp³-hybridized carbons (Fsp3) is 0.571. The van der Waals surface area contributed by atoms with Gasteiger partial charge in [0.15, 0.2) is 0 Å². The third-order valence-corrected chi connectivity index (χ3v) is 5.04. The minimum Gasteiger partial charge on any atom is -0.494 e. The van der Waals surface area contributed by atoms with Crippen molar-refractivity contribution in [2.24, 2.45) is 0 Å². The molecule has 1 aliphatic rings. The van der Waals surface area contributed by atoms with Gasteiger partial charge in [0.2, 0.25) is 0 Å². The summed E-state index contributed by atoms with van der Waals surface area (Å²) in [6.07, 6.45) is 2.99. The van der Waals surface area contributed by atoms with E-state index in [4.69, 9.17) is 10.5 Å². The van der Waals surface area contributed by atoms with Crippen LogP contribution in [0.25, 0.3) is 0 Å². The van der Waals surface area contributed by atoms with Crippen LogP contribution in [0.1, 0.15) is 33.1 Å². The van der Waals surface area contributed by atoms with E-state index in [1.54, 1.807) is 11.8 Å². The molecule has 1 aromatic rings. The van der Waals surface area contributed by atoms with E-state index in [1.165, 1.54) is 0 Å². The molecule has 1 saturated carbocycles. The van der Waals surface area contributed by atoms with Gasteiger partial charge in [0.1, 0.15) is 5.75 Å². The van der Waals surface area contributed by atoms with Crippen molar-refractivity contribution < 1.29 is 9.84 Å². The van der Waals surface area contributed by atoms with E-state index >= 15 is 0 Å². The molecule has 1 aliphatic carbocycles. The molecule has 0 bridgehead atoms. The second-order valence-corrected chi connectivity index (χ2v) is 6.23. The van der Waals surface area contributed by atoms with Crippen molar-refractivity contribution in [3.8, 4) is 5.75 Å². The van der Waals surface area contributed by atoms with Crippen LogP contribution in [-0.4, -0.2) is 22.6 Å². The van der Waals surface area contributed by atoms with Crippen LogP contribution in [0.15, 0.2) is 23.1 Å². The molecule has 0 aliphatic heterocycles. The standard InChI is InChI=1S/C14H21NO2S/c1-3-17-10-6-7-11(15)12(9-10)18-13-5-4-8-14(13,2)16/h6-7,9,13,16H,3-5,8,15H2,1-2H3. The molecule has 0 spiro atoms. The number of ether oxygens (including phenoxy) is 1. The van der Waals surface area contributed by atoms with Gasteiger partial charge in [0.05, 0.1) is 12.2 Å². The number of rotatable bonds is 4. The van der Waals surface area contributed by atoms with Crippen LogP contribution in [0.2, 0.25) is 0 Å². The third-order valence-electron chi connectivity index (χ3n) is 3.41. The normalized spacial score (nSPS) is 27.4. The Morgan fingerprint density at radius 1 is 1.56 bits per heavy atom. The molecule has 3 N–H and O–H groups in total. The van der Waals surface area contributed by atoms with Crippen molar-refractivity contribution in [2.45, 2.75) is 48.9 Å². The van der Waals surface area contributed by atoms with Gasteiger partial charge in [-0.05, 0) is 51.3 Å². The van der Waals surface area contributed by atoms with Crippen LogP contribution in [0, 0.1) is 0 Å². The summed E-state index contributed by atoms with van der Waals surface area (Å²) in [4.78, 5) is 1.01. The maximum absolute atomic E-state index is 10.3. The Labute approximate surface area is 113 Å². The number of anilines is 1. The van der Waals surface area contributed by atoms with Crippen LogP contribution < -0.4 is 10.5 Å². The lowest BCUT2D eigenvalue weighted by Gasteiger charge is -2.25. The Hall–Kier alpha value is -0.870. The molecular formula is C14H21NO2S. The van der Waals surface area contributed by atoms with Crippen LogP contribution in [0.5, 0.6) is 5.75 Å². The van der Waals surface area contributed by atoms with Gasteiger partial charge in [-0.3, -0.25) is 0 Å². The predicted molar refractivity (Wildman–Crippen MR) is 76.1 cm³/mol. The van der Waals surface area contributed by atoms with Gasteiger partial charge in [0, 0.05) is 15.8 Å². The highest BCUT2D eigenvalue weighted by Gasteiger charge is 2.37. The van der Waals surface area contributed by atoms with Gasteiger partial charge in [-0.15, -0.1) is 11.8 Å². The Bertz CT molecular complexity index is 420. The summed E-state index contributed by atoms with van der Waals surface area (Å²) in [6, 6.07) is 5.73. The first-order valence-electron chi connectivity index (χ1n) is 6.44. The van der Waals surface area contributed by atoms with E-state index < -0.39 is 5.60 Å². The van der Waals surface area contributed by atoms with Gasteiger partial charge in [-0.1, -0.05) is 0 Å². The second kappa shape index (κ2) is 5.41. The minimum atomic E-state index is -0.585. The lowest BCUT2D eigenvalue weighted by Crippen LogP contribution is -2.31. The van der Waals surface area contributed by atoms with Crippen molar-refractivity contribution in [1.82, 2.24) is 0 Å². The number of aliphatic hydroxyl groups is 1. The van der Waals surface area contributed by atoms with E-state index in [0.29, 0.717) is 6.61 Å². The van der Waals surface area contributed by atoms with Crippen LogP contribution >= 0.6 is 11.8 Å². The second-order valence-electron chi connectivity index (χ2n) is 4.99. The zero-order valence-corrected chi connectivity index (χ0v) is 11.8. The Balaban J connectivity index is 2.15. The highest BCUT2D eigenvalue weighted by Crippen LogP contribution is 2.43. The minimum absolute atomic E-state index is 0.219. The average Bonchev–Trinajstić information content (AvgIpc) is 2.63. The Kier molecular flexibility index (Phi) is 4.07. The van der Waals surface area contributed by atoms with E-state index in [0.717, 1.165) is 35.6 Å². The molecule has 4 heteroatoms. The molecule has 2 atom stereocenters. The van der Waals surface area contributed by atoms with Crippen molar-refractivity contribution >= 4 is 17.4 Å². The smallest absolute Gasteiger partial charge is 0.120 e. The van der Waals surface area contributed by atoms with Crippen LogP contribution in [0.4, 0.5) is 5.69 Å². The molecule has 0 amide bonds. The lowest BCUT2D eigenvalue weighted by molar-refractivity contribution is 0.0734. The molecule has 2 unspecified atom stereocenters. The quantitative estimate of drug-likeness (QED) is 0.823. The van der Waals surface area contributed by atoms with Gasteiger partial charge >= 0.3 is 0 Å². The molecule has 0 radical (unpaired) electrons. The predicted octanol–water partition coefficient (Wildman–Crippen LogP) is 3.06. The first-order valence-corrected chi connectivity index (χ1v) is 7.32. The highest BCUT2D eigenvalue weighted by molar-refractivity contribution is 8.00. The Morgan fingerprint density at radius 2 is 2.33 bits per heavy atom. The molecule has 1 fully saturated rings. The zero-order chi connectivity index (χ0) is 13.2. The summed E-state index contributed by atoms with van der Waals surface area (Å²) >= 11 is 1.67. The van der Waals surface area contributed by atoms with Crippen molar-refractivity contribution in [2.75, 3.05) is 12.3 Å². The molecule has 0 saturated heterocycles. The Morgan fingerprint density at radius 3 is 2.94 bits per heavy atom. The van der Waals surface area contributed by atoms with E-state index in [2.05, 4.69) is 0 Å². The first kappa shape index (κ1) is 13.6. The number of nitrogen functional groups attached to an aromatic ring is 1. The maximum Gasteiger partial charge on any atom is 0.120 e. The molecule has 0 aromatic heterocycles. The monoisotopic (exact) mass is 267 g/mol. The van der Waals surface area contributed by atoms with E-state index in [9.17, 15) is 5.11 Å². The van der Waals surface area contributed by atoms with Crippen molar-refractivity contribution in [1.29, 1.82) is 0 Å². The van der Waals surface area contributed by atoms with Gasteiger partial charge < -0.3 is 15.6 Å². The summed E-state index contributed by atoms with van der Waals surface area (Å²) in [6.45, 7) is 4.53. The lowest BCUT2D eigenvalue weighted by atomic mass is 10.1. The third kappa shape index (κ3) is 2.93. The SMILES string of the molecule is CCOc1ccc(N)c(SC2CCCC2(C)O)c1. The molecule has 0 heterocycles. The molecule has 2 rings (SSSR count). The largest absolute Gasteiger partial charge is 0.494 e.